The van der Waals surface area contributed by atoms with E-state index in [-0.39, 0.29) is 6.04 Å². The van der Waals surface area contributed by atoms with Gasteiger partial charge in [0.1, 0.15) is 0 Å². The zero-order valence-electron chi connectivity index (χ0n) is 16.5. The molecule has 2 aromatic carbocycles. The van der Waals surface area contributed by atoms with E-state index in [0.29, 0.717) is 17.7 Å². The van der Waals surface area contributed by atoms with E-state index < -0.39 is 0 Å². The molecule has 0 saturated heterocycles. The molecule has 6 N–H and O–H groups in total. The minimum atomic E-state index is 0.264. The second-order valence-electron chi connectivity index (χ2n) is 8.85. The summed E-state index contributed by atoms with van der Waals surface area (Å²) in [5.41, 5.74) is 13.0. The zero-order chi connectivity index (χ0) is 19.7. The number of benzene rings is 2. The van der Waals surface area contributed by atoms with Crippen LogP contribution in [0.2, 0.25) is 0 Å². The molecule has 2 bridgehead atoms. The highest BCUT2D eigenvalue weighted by Gasteiger charge is 2.54. The molecule has 1 aliphatic heterocycles. The van der Waals surface area contributed by atoms with Gasteiger partial charge in [-0.15, -0.1) is 0 Å². The van der Waals surface area contributed by atoms with Gasteiger partial charge in [0.15, 0.2) is 5.82 Å². The molecule has 3 aliphatic rings. The molecule has 3 unspecified atom stereocenters. The first-order valence-corrected chi connectivity index (χ1v) is 10.5. The second-order valence-corrected chi connectivity index (χ2v) is 8.85. The van der Waals surface area contributed by atoms with Gasteiger partial charge in [0.2, 0.25) is 0 Å². The largest absolute Gasteiger partial charge is 0.388 e. The Morgan fingerprint density at radius 2 is 2.07 bits per heavy atom. The van der Waals surface area contributed by atoms with Gasteiger partial charge in [0.25, 0.3) is 0 Å². The molecule has 1 aromatic heterocycles. The summed E-state index contributed by atoms with van der Waals surface area (Å²) in [6.07, 6.45) is 5.48. The van der Waals surface area contributed by atoms with E-state index in [2.05, 4.69) is 51.2 Å². The van der Waals surface area contributed by atoms with Crippen molar-refractivity contribution in [2.75, 3.05) is 23.4 Å². The summed E-state index contributed by atoms with van der Waals surface area (Å²) >= 11 is 0. The fourth-order valence-electron chi connectivity index (χ4n) is 6.55. The van der Waals surface area contributed by atoms with Crippen LogP contribution in [0.3, 0.4) is 0 Å². The molecule has 2 aliphatic carbocycles. The first-order chi connectivity index (χ1) is 14.2. The number of aromatic amines is 1. The average Bonchev–Trinajstić information content (AvgIpc) is 3.47. The Morgan fingerprint density at radius 1 is 1.21 bits per heavy atom. The van der Waals surface area contributed by atoms with Gasteiger partial charge >= 0.3 is 0 Å². The van der Waals surface area contributed by atoms with E-state index >= 15 is 0 Å². The van der Waals surface area contributed by atoms with Crippen LogP contribution in [0, 0.1) is 23.2 Å². The van der Waals surface area contributed by atoms with Crippen LogP contribution >= 0.6 is 0 Å². The van der Waals surface area contributed by atoms with Gasteiger partial charge in [-0.25, -0.2) is 0 Å². The fourth-order valence-corrected chi connectivity index (χ4v) is 6.55. The lowest BCUT2D eigenvalue weighted by molar-refractivity contribution is 0.247. The van der Waals surface area contributed by atoms with Gasteiger partial charge in [-0.05, 0) is 78.3 Å². The van der Waals surface area contributed by atoms with Crippen molar-refractivity contribution in [2.45, 2.75) is 31.2 Å². The number of nitrogens with one attached hydrogen (secondary N) is 4. The van der Waals surface area contributed by atoms with Crippen molar-refractivity contribution in [3.05, 3.63) is 47.0 Å². The minimum Gasteiger partial charge on any atom is -0.388 e. The van der Waals surface area contributed by atoms with Crippen molar-refractivity contribution in [2.24, 2.45) is 17.8 Å². The van der Waals surface area contributed by atoms with E-state index in [1.807, 2.05) is 7.05 Å². The summed E-state index contributed by atoms with van der Waals surface area (Å²) in [7, 11) is 1.94. The van der Waals surface area contributed by atoms with Crippen molar-refractivity contribution >= 4 is 34.3 Å². The zero-order valence-corrected chi connectivity index (χ0v) is 16.5. The van der Waals surface area contributed by atoms with Gasteiger partial charge in [-0.3, -0.25) is 5.10 Å². The molecule has 29 heavy (non-hydrogen) atoms. The quantitative estimate of drug-likeness (QED) is 0.428. The van der Waals surface area contributed by atoms with E-state index in [1.165, 1.54) is 42.3 Å². The van der Waals surface area contributed by atoms with Gasteiger partial charge in [-0.1, -0.05) is 6.07 Å². The van der Waals surface area contributed by atoms with Crippen molar-refractivity contribution in [1.82, 2.24) is 10.2 Å². The summed E-state index contributed by atoms with van der Waals surface area (Å²) in [5.74, 6) is 3.09. The summed E-state index contributed by atoms with van der Waals surface area (Å²) < 4.78 is 0. The predicted octanol–water partition coefficient (Wildman–Crippen LogP) is 4.48. The molecule has 5 atom stereocenters. The minimum absolute atomic E-state index is 0.264. The second kappa shape index (κ2) is 5.99. The van der Waals surface area contributed by atoms with E-state index in [9.17, 15) is 0 Å². The van der Waals surface area contributed by atoms with Gasteiger partial charge < -0.3 is 21.8 Å². The van der Waals surface area contributed by atoms with Crippen LogP contribution in [0.1, 0.15) is 47.9 Å². The maximum absolute atomic E-state index is 8.11. The number of hydrogen-bond acceptors (Lipinski definition) is 5. The summed E-state index contributed by atoms with van der Waals surface area (Å²) in [4.78, 5) is 0. The molecule has 148 valence electrons. The number of nitrogens with zero attached hydrogens (tertiary/aromatic N) is 1. The molecule has 2 heterocycles. The first-order valence-electron chi connectivity index (χ1n) is 10.5. The Kier molecular flexibility index (Phi) is 3.49. The Balaban J connectivity index is 1.53. The number of hydrogen-bond donors (Lipinski definition) is 5. The Hall–Kier alpha value is -3.02. The molecule has 3 aromatic rings. The first kappa shape index (κ1) is 16.9. The number of nitrogens with two attached hydrogens (primary N) is 1. The van der Waals surface area contributed by atoms with Gasteiger partial charge in [-0.2, -0.15) is 5.10 Å². The van der Waals surface area contributed by atoms with E-state index in [4.69, 9.17) is 11.1 Å². The Labute approximate surface area is 169 Å². The maximum Gasteiger partial charge on any atom is 0.153 e. The van der Waals surface area contributed by atoms with Crippen LogP contribution in [-0.2, 0) is 0 Å². The van der Waals surface area contributed by atoms with Gasteiger partial charge in [0, 0.05) is 35.6 Å². The average molecular weight is 387 g/mol. The smallest absolute Gasteiger partial charge is 0.153 e. The lowest BCUT2D eigenvalue weighted by atomic mass is 9.67. The summed E-state index contributed by atoms with van der Waals surface area (Å²) in [6, 6.07) is 11.1. The lowest BCUT2D eigenvalue weighted by Crippen LogP contribution is -2.36. The van der Waals surface area contributed by atoms with Crippen molar-refractivity contribution in [3.8, 4) is 0 Å². The van der Waals surface area contributed by atoms with Crippen LogP contribution in [0.15, 0.2) is 30.3 Å². The van der Waals surface area contributed by atoms with Gasteiger partial charge in [0.05, 0.1) is 11.6 Å². The third-order valence-corrected chi connectivity index (χ3v) is 7.69. The van der Waals surface area contributed by atoms with Crippen LogP contribution in [0.25, 0.3) is 10.9 Å². The molecule has 0 radical (unpaired) electrons. The van der Waals surface area contributed by atoms with Crippen LogP contribution in [0.4, 0.5) is 17.2 Å². The number of nitrogen functional groups attached to an aromatic ring is 1. The highest BCUT2D eigenvalue weighted by Crippen LogP contribution is 2.64. The molecular weight excluding hydrogens is 360 g/mol. The number of H-pyrrole nitrogens is 1. The number of rotatable bonds is 3. The van der Waals surface area contributed by atoms with Crippen LogP contribution in [-0.4, -0.2) is 23.5 Å². The molecule has 0 spiro atoms. The fraction of sp³-hybridized carbons (Fsp3) is 0.391. The van der Waals surface area contributed by atoms with Crippen molar-refractivity contribution in [3.63, 3.8) is 0 Å². The highest BCUT2D eigenvalue weighted by atomic mass is 15.1. The van der Waals surface area contributed by atoms with Crippen molar-refractivity contribution in [1.29, 1.82) is 5.41 Å². The Morgan fingerprint density at radius 3 is 2.90 bits per heavy atom. The summed E-state index contributed by atoms with van der Waals surface area (Å²) in [6.45, 7) is 0. The topological polar surface area (TPSA) is 103 Å². The highest BCUT2D eigenvalue weighted by molar-refractivity contribution is 5.92. The number of aromatic nitrogens is 2. The molecule has 2 saturated carbocycles. The van der Waals surface area contributed by atoms with E-state index in [1.54, 1.807) is 0 Å². The molecule has 6 nitrogen and oxygen atoms in total. The molecule has 0 amide bonds. The Bertz CT molecular complexity index is 1130. The third-order valence-electron chi connectivity index (χ3n) is 7.69. The normalized spacial score (nSPS) is 29.3. The van der Waals surface area contributed by atoms with Crippen LogP contribution < -0.4 is 16.4 Å². The molecule has 6 rings (SSSR count). The monoisotopic (exact) mass is 386 g/mol. The van der Waals surface area contributed by atoms with Crippen LogP contribution in [0.5, 0.6) is 0 Å². The SMILES string of the molecule is CNc1ccc2c(c1C=N)C1C3CCC(C3)[C@H]1[C@H](c1ccc3[nH]nc(N)c3c1)N2. The van der Waals surface area contributed by atoms with Crippen molar-refractivity contribution < 1.29 is 0 Å². The third kappa shape index (κ3) is 2.23. The standard InChI is InChI=1S/C23H26N6/c1-26-16-6-7-18-21(15(16)10-24)19-11-2-3-12(8-11)20(19)22(27-18)13-4-5-17-14(9-13)23(25)29-28-17/h4-7,9-12,19-20,22,24,26-27H,2-3,8H2,1H3,(H3,25,28,29)/t11?,12?,19?,20-,22+/m1/s1. The molecule has 2 fully saturated rings. The molecular formula is C23H26N6. The maximum atomic E-state index is 8.11. The number of anilines is 3. The lowest BCUT2D eigenvalue weighted by Gasteiger charge is -2.44. The molecule has 6 heteroatoms. The van der Waals surface area contributed by atoms with E-state index in [0.717, 1.165) is 34.0 Å². The summed E-state index contributed by atoms with van der Waals surface area (Å²) in [5, 5.41) is 23.4. The predicted molar refractivity (Wildman–Crippen MR) is 118 cm³/mol. The number of fused-ring (bicyclic) bond motifs is 8.